The molecule has 72 valence electrons. The van der Waals surface area contributed by atoms with Gasteiger partial charge in [-0.3, -0.25) is 0 Å². The summed E-state index contributed by atoms with van der Waals surface area (Å²) < 4.78 is 0. The Kier molecular flexibility index (Phi) is 5.67. The van der Waals surface area contributed by atoms with Crippen molar-refractivity contribution in [3.05, 3.63) is 0 Å². The molecule has 0 unspecified atom stereocenters. The molecule has 0 aromatic heterocycles. The topological polar surface area (TPSA) is 0 Å². The molecule has 0 fully saturated rings. The molecule has 0 N–H and O–H groups in total. The maximum Gasteiger partial charge on any atom is 0.354 e. The van der Waals surface area contributed by atoms with Gasteiger partial charge in [-0.15, -0.1) is 0 Å². The lowest BCUT2D eigenvalue weighted by atomic mass is 11.7. The third-order valence-corrected chi connectivity index (χ3v) is 22.9. The monoisotopic (exact) mass is 328 g/mol. The molecule has 0 aliphatic heterocycles. The van der Waals surface area contributed by atoms with Gasteiger partial charge in [0.05, 0.1) is 0 Å². The van der Waals surface area contributed by atoms with Gasteiger partial charge in [-0.05, 0) is 0 Å². The van der Waals surface area contributed by atoms with E-state index in [1.54, 1.807) is 9.81 Å². The van der Waals surface area contributed by atoms with Gasteiger partial charge in [0.15, 0.2) is 0 Å². The van der Waals surface area contributed by atoms with E-state index in [0.29, 0.717) is 0 Å². The SMILES string of the molecule is C[Si](C)(C)[CH2][Al]([I])[CH2][Si](C)(C)C. The Morgan fingerprint density at radius 1 is 0.833 bits per heavy atom. The highest BCUT2D eigenvalue weighted by Crippen LogP contribution is 2.22. The van der Waals surface area contributed by atoms with Crippen LogP contribution in [-0.4, -0.2) is 27.0 Å². The molecule has 0 saturated carbocycles. The highest BCUT2D eigenvalue weighted by molar-refractivity contribution is 14.1. The summed E-state index contributed by atoms with van der Waals surface area (Å²) in [7, 11) is -1.85. The zero-order valence-electron chi connectivity index (χ0n) is 9.37. The van der Waals surface area contributed by atoms with Crippen molar-refractivity contribution >= 4 is 47.3 Å². The Balaban J connectivity index is 3.83. The van der Waals surface area contributed by atoms with Gasteiger partial charge in [-0.1, -0.05) is 49.1 Å². The van der Waals surface area contributed by atoms with Crippen molar-refractivity contribution in [2.24, 2.45) is 0 Å². The largest absolute Gasteiger partial charge is 0.354 e. The standard InChI is InChI=1S/2C4H11Si.Al.HI/c2*1-5(2,3)4;;/h2*1H2,2-4H3;;1H/q;;+1;/p-1. The number of halogens is 1. The van der Waals surface area contributed by atoms with Gasteiger partial charge in [0.2, 0.25) is 0 Å². The molecule has 0 aliphatic rings. The lowest BCUT2D eigenvalue weighted by Crippen LogP contribution is -2.32. The molecule has 0 aromatic rings. The van der Waals surface area contributed by atoms with Crippen LogP contribution in [0.4, 0.5) is 0 Å². The quantitative estimate of drug-likeness (QED) is 0.537. The Morgan fingerprint density at radius 3 is 1.25 bits per heavy atom. The maximum atomic E-state index is 2.80. The molecular formula is C8H22AlISi2. The minimum atomic E-state index is -0.744. The van der Waals surface area contributed by atoms with Crippen LogP contribution in [0.3, 0.4) is 0 Å². The molecule has 0 heterocycles. The highest BCUT2D eigenvalue weighted by atomic mass is 127. The van der Waals surface area contributed by atoms with Crippen molar-refractivity contribution < 1.29 is 0 Å². The van der Waals surface area contributed by atoms with E-state index in [0.717, 1.165) is 0 Å². The lowest BCUT2D eigenvalue weighted by molar-refractivity contribution is 1.56. The van der Waals surface area contributed by atoms with Crippen molar-refractivity contribution in [3.8, 4) is 0 Å². The van der Waals surface area contributed by atoms with Gasteiger partial charge in [0.1, 0.15) is 0 Å². The summed E-state index contributed by atoms with van der Waals surface area (Å²) in [5, 5.41) is 0. The van der Waals surface area contributed by atoms with E-state index in [-0.39, 0.29) is 10.9 Å². The number of hydrogen-bond acceptors (Lipinski definition) is 0. The van der Waals surface area contributed by atoms with Crippen LogP contribution in [0.1, 0.15) is 0 Å². The van der Waals surface area contributed by atoms with Gasteiger partial charge in [0, 0.05) is 16.1 Å². The molecule has 0 amide bonds. The molecule has 0 saturated heterocycles. The van der Waals surface area contributed by atoms with Crippen LogP contribution < -0.4 is 0 Å². The predicted molar refractivity (Wildman–Crippen MR) is 76.1 cm³/mol. The number of hydrogen-bond donors (Lipinski definition) is 0. The maximum absolute atomic E-state index is 2.80. The van der Waals surface area contributed by atoms with Crippen LogP contribution in [0.5, 0.6) is 0 Å². The van der Waals surface area contributed by atoms with Gasteiger partial charge in [-0.2, -0.15) is 0 Å². The molecule has 0 aliphatic carbocycles. The first-order valence-electron chi connectivity index (χ1n) is 4.74. The van der Waals surface area contributed by atoms with Gasteiger partial charge < -0.3 is 0 Å². The Hall–Kier alpha value is 1.70. The normalized spacial score (nSPS) is 13.2. The van der Waals surface area contributed by atoms with E-state index in [2.05, 4.69) is 59.6 Å². The van der Waals surface area contributed by atoms with Crippen LogP contribution in [0.25, 0.3) is 0 Å². The second-order valence-electron chi connectivity index (χ2n) is 6.13. The summed E-state index contributed by atoms with van der Waals surface area (Å²) in [5.41, 5.74) is 0. The van der Waals surface area contributed by atoms with Gasteiger partial charge in [-0.25, -0.2) is 20.3 Å². The minimum Gasteiger partial charge on any atom is -0.210 e. The zero-order valence-corrected chi connectivity index (χ0v) is 14.7. The Morgan fingerprint density at radius 2 is 1.08 bits per heavy atom. The van der Waals surface area contributed by atoms with Crippen molar-refractivity contribution in [2.45, 2.75) is 49.1 Å². The second kappa shape index (κ2) is 4.97. The van der Waals surface area contributed by atoms with Crippen molar-refractivity contribution in [3.63, 3.8) is 0 Å². The van der Waals surface area contributed by atoms with Crippen LogP contribution in [0, 0.1) is 0 Å². The van der Waals surface area contributed by atoms with E-state index < -0.39 is 16.1 Å². The molecule has 4 heteroatoms. The summed E-state index contributed by atoms with van der Waals surface area (Å²) in [6.45, 7) is 15.1. The smallest absolute Gasteiger partial charge is 0.210 e. The molecule has 0 radical (unpaired) electrons. The van der Waals surface area contributed by atoms with Gasteiger partial charge in [0.25, 0.3) is 0 Å². The molecular weight excluding hydrogens is 306 g/mol. The third kappa shape index (κ3) is 9.78. The fourth-order valence-corrected chi connectivity index (χ4v) is 37.7. The van der Waals surface area contributed by atoms with E-state index in [1.165, 1.54) is 0 Å². The summed E-state index contributed by atoms with van der Waals surface area (Å²) in [4.78, 5) is 3.27. The van der Waals surface area contributed by atoms with Crippen molar-refractivity contribution in [2.75, 3.05) is 0 Å². The molecule has 0 aromatic carbocycles. The summed E-state index contributed by atoms with van der Waals surface area (Å²) in [6.07, 6.45) is 0. The zero-order chi connectivity index (χ0) is 9.99. The third-order valence-electron chi connectivity index (χ3n) is 1.67. The fourth-order valence-electron chi connectivity index (χ4n) is 1.40. The number of rotatable bonds is 4. The van der Waals surface area contributed by atoms with Crippen LogP contribution >= 0.6 is 20.3 Å². The summed E-state index contributed by atoms with van der Waals surface area (Å²) in [6, 6.07) is 0. The summed E-state index contributed by atoms with van der Waals surface area (Å²) in [5.74, 6) is 0. The van der Waals surface area contributed by atoms with Crippen LogP contribution in [0.2, 0.25) is 49.1 Å². The average Bonchev–Trinajstić information content (AvgIpc) is 1.49. The first-order valence-corrected chi connectivity index (χ1v) is 18.0. The second-order valence-corrected chi connectivity index (χ2v) is 26.1. The minimum absolute atomic E-state index is 0.359. The van der Waals surface area contributed by atoms with E-state index in [9.17, 15) is 0 Å². The van der Waals surface area contributed by atoms with Gasteiger partial charge >= 0.3 is 10.9 Å². The van der Waals surface area contributed by atoms with Crippen molar-refractivity contribution in [1.29, 1.82) is 0 Å². The molecule has 0 spiro atoms. The molecule has 0 atom stereocenters. The van der Waals surface area contributed by atoms with Crippen molar-refractivity contribution in [1.82, 2.24) is 0 Å². The first-order chi connectivity index (χ1) is 5.10. The van der Waals surface area contributed by atoms with E-state index in [4.69, 9.17) is 0 Å². The highest BCUT2D eigenvalue weighted by Gasteiger charge is 2.28. The lowest BCUT2D eigenvalue weighted by Gasteiger charge is -2.22. The predicted octanol–water partition coefficient (Wildman–Crippen LogP) is 4.17. The molecule has 12 heavy (non-hydrogen) atoms. The average molecular weight is 328 g/mol. The molecule has 0 nitrogen and oxygen atoms in total. The van der Waals surface area contributed by atoms with Crippen LogP contribution in [-0.2, 0) is 0 Å². The van der Waals surface area contributed by atoms with E-state index >= 15 is 0 Å². The first kappa shape index (κ1) is 13.7. The summed E-state index contributed by atoms with van der Waals surface area (Å²) >= 11 is 2.80. The van der Waals surface area contributed by atoms with E-state index in [1.807, 2.05) is 0 Å². The Labute approximate surface area is 95.6 Å². The van der Waals surface area contributed by atoms with Crippen LogP contribution in [0.15, 0.2) is 0 Å². The Bertz CT molecular complexity index is 121. The fraction of sp³-hybridized carbons (Fsp3) is 1.00. The molecule has 0 bridgehead atoms. The molecule has 0 rings (SSSR count).